The molecule has 0 radical (unpaired) electrons. The lowest BCUT2D eigenvalue weighted by Crippen LogP contribution is -2.65. The van der Waals surface area contributed by atoms with E-state index in [0.29, 0.717) is 23.1 Å². The molecule has 0 aliphatic carbocycles. The first kappa shape index (κ1) is 24.8. The largest absolute Gasteiger partial charge is 0.455 e. The molecule has 1 unspecified atom stereocenters. The minimum absolute atomic E-state index is 0.0816. The van der Waals surface area contributed by atoms with Gasteiger partial charge in [-0.25, -0.2) is 13.2 Å². The van der Waals surface area contributed by atoms with Crippen LogP contribution in [0.5, 0.6) is 0 Å². The van der Waals surface area contributed by atoms with Crippen molar-refractivity contribution in [1.29, 1.82) is 0 Å². The van der Waals surface area contributed by atoms with Gasteiger partial charge in [0.15, 0.2) is 6.10 Å². The Balaban J connectivity index is 1.34. The average Bonchev–Trinajstić information content (AvgIpc) is 3.44. The number of carbonyl (C=O) groups excluding carboxylic acids is 2. The van der Waals surface area contributed by atoms with Crippen LogP contribution in [0, 0.1) is 5.92 Å². The minimum atomic E-state index is -3.96. The van der Waals surface area contributed by atoms with Crippen molar-refractivity contribution in [3.8, 4) is 0 Å². The van der Waals surface area contributed by atoms with Crippen molar-refractivity contribution in [3.05, 3.63) is 88.6 Å². The minimum Gasteiger partial charge on any atom is -0.455 e. The summed E-state index contributed by atoms with van der Waals surface area (Å²) in [4.78, 5) is 27.2. The van der Waals surface area contributed by atoms with Gasteiger partial charge < -0.3 is 9.22 Å². The van der Waals surface area contributed by atoms with Crippen LogP contribution in [0.1, 0.15) is 34.1 Å². The summed E-state index contributed by atoms with van der Waals surface area (Å²) < 4.78 is 35.3. The average molecular weight is 526 g/mol. The summed E-state index contributed by atoms with van der Waals surface area (Å²) in [5.74, 6) is -0.289. The number of ketones is 1. The van der Waals surface area contributed by atoms with E-state index in [1.165, 1.54) is 23.5 Å². The third-order valence-electron chi connectivity index (χ3n) is 7.28. The number of sulfonamides is 1. The van der Waals surface area contributed by atoms with E-state index in [1.807, 2.05) is 23.6 Å². The van der Waals surface area contributed by atoms with E-state index in [2.05, 4.69) is 4.72 Å². The molecule has 1 N–H and O–H groups in total. The molecule has 0 spiro atoms. The van der Waals surface area contributed by atoms with Gasteiger partial charge in [-0.15, -0.1) is 11.3 Å². The Morgan fingerprint density at radius 3 is 2.28 bits per heavy atom. The Morgan fingerprint density at radius 2 is 1.64 bits per heavy atom. The zero-order chi connectivity index (χ0) is 25.2. The number of fused-ring (bicyclic) bond motifs is 3. The number of Topliss-reactive ketones (excluding diaryl/α,β-unsaturated/α-hetero) is 1. The van der Waals surface area contributed by atoms with Gasteiger partial charge in [-0.1, -0.05) is 54.6 Å². The molecule has 2 atom stereocenters. The molecule has 3 saturated heterocycles. The molecule has 3 aromatic rings. The van der Waals surface area contributed by atoms with E-state index in [4.69, 9.17) is 4.74 Å². The smallest absolute Gasteiger partial charge is 0.329 e. The van der Waals surface area contributed by atoms with E-state index in [-0.39, 0.29) is 22.7 Å². The summed E-state index contributed by atoms with van der Waals surface area (Å²) >= 11 is 1.45. The highest BCUT2D eigenvalue weighted by Gasteiger charge is 2.49. The second kappa shape index (κ2) is 10.3. The van der Waals surface area contributed by atoms with Crippen molar-refractivity contribution in [3.63, 3.8) is 0 Å². The number of hydrogen-bond donors (Lipinski definition) is 1. The molecule has 9 heteroatoms. The lowest BCUT2D eigenvalue weighted by Gasteiger charge is -2.51. The fraction of sp³-hybridized carbons (Fsp3) is 0.333. The van der Waals surface area contributed by atoms with Gasteiger partial charge in [0.1, 0.15) is 19.1 Å². The molecule has 2 aromatic carbocycles. The highest BCUT2D eigenvalue weighted by molar-refractivity contribution is 7.89. The normalized spacial score (nSPS) is 24.2. The summed E-state index contributed by atoms with van der Waals surface area (Å²) in [6, 6.07) is 19.3. The van der Waals surface area contributed by atoms with Gasteiger partial charge in [0, 0.05) is 18.8 Å². The van der Waals surface area contributed by atoms with Crippen molar-refractivity contribution in [2.75, 3.05) is 26.2 Å². The van der Waals surface area contributed by atoms with Gasteiger partial charge in [-0.3, -0.25) is 4.79 Å². The molecule has 36 heavy (non-hydrogen) atoms. The number of quaternary nitrogens is 1. The van der Waals surface area contributed by atoms with Crippen molar-refractivity contribution in [2.45, 2.75) is 29.9 Å². The van der Waals surface area contributed by atoms with Crippen LogP contribution in [0.4, 0.5) is 0 Å². The van der Waals surface area contributed by atoms with Gasteiger partial charge in [0.05, 0.1) is 22.9 Å². The van der Waals surface area contributed by atoms with Crippen molar-refractivity contribution in [1.82, 2.24) is 4.72 Å². The molecule has 3 aliphatic heterocycles. The predicted molar refractivity (Wildman–Crippen MR) is 137 cm³/mol. The summed E-state index contributed by atoms with van der Waals surface area (Å²) in [6.45, 7) is 2.74. The van der Waals surface area contributed by atoms with Gasteiger partial charge in [0.2, 0.25) is 15.8 Å². The number of nitrogens with zero attached hydrogens (tertiary/aromatic N) is 1. The second-order valence-electron chi connectivity index (χ2n) is 9.62. The summed E-state index contributed by atoms with van der Waals surface area (Å²) in [5, 5.41) is 1.90. The first-order valence-electron chi connectivity index (χ1n) is 12.1. The third-order valence-corrected chi connectivity index (χ3v) is 9.63. The Bertz CT molecular complexity index is 1300. The molecule has 6 rings (SSSR count). The van der Waals surface area contributed by atoms with E-state index < -0.39 is 22.0 Å². The molecular formula is C27H29N2O5S2+. The number of esters is 1. The zero-order valence-corrected chi connectivity index (χ0v) is 21.4. The van der Waals surface area contributed by atoms with Crippen LogP contribution in [0.2, 0.25) is 0 Å². The highest BCUT2D eigenvalue weighted by atomic mass is 32.2. The van der Waals surface area contributed by atoms with Crippen molar-refractivity contribution in [2.24, 2.45) is 5.92 Å². The number of piperidine rings is 3. The molecule has 0 amide bonds. The molecule has 4 heterocycles. The van der Waals surface area contributed by atoms with Gasteiger partial charge in [-0.05, 0) is 29.1 Å². The lowest BCUT2D eigenvalue weighted by atomic mass is 9.83. The van der Waals surface area contributed by atoms with E-state index in [9.17, 15) is 18.0 Å². The summed E-state index contributed by atoms with van der Waals surface area (Å²) in [6.07, 6.45) is 1.40. The van der Waals surface area contributed by atoms with Crippen LogP contribution < -0.4 is 4.72 Å². The zero-order valence-electron chi connectivity index (χ0n) is 19.8. The third kappa shape index (κ3) is 5.29. The number of ether oxygens (including phenoxy) is 1. The van der Waals surface area contributed by atoms with Crippen LogP contribution >= 0.6 is 11.3 Å². The quantitative estimate of drug-likeness (QED) is 0.261. The number of carbonyl (C=O) groups is 2. The highest BCUT2D eigenvalue weighted by Crippen LogP contribution is 2.36. The maximum absolute atomic E-state index is 13.5. The van der Waals surface area contributed by atoms with Crippen LogP contribution in [0.3, 0.4) is 0 Å². The maximum atomic E-state index is 13.5. The Labute approximate surface area is 215 Å². The standard InChI is InChI=1S/C27H29N2O5S2/c30-23(25-12-7-17-35-25)18-29-15-13-20(14-16-29)24(19-29)34-27(31)26(21-8-3-1-4-9-21)28-36(32,33)22-10-5-2-6-11-22/h1-12,17,20,24,26,28H,13-16,18-19H2/q+1/t20?,24-,26?,29?/m0/s1. The SMILES string of the molecule is O=C(C[N+]12CCC(CC1)[C@@H](OC(=O)C(NS(=O)(=O)c1ccccc1)c1ccccc1)C2)c1cccs1. The first-order valence-corrected chi connectivity index (χ1v) is 14.5. The molecule has 3 fully saturated rings. The van der Waals surface area contributed by atoms with Gasteiger partial charge in [-0.2, -0.15) is 4.72 Å². The van der Waals surface area contributed by atoms with Gasteiger partial charge in [0.25, 0.3) is 0 Å². The number of rotatable bonds is 9. The number of benzene rings is 2. The molecule has 1 aromatic heterocycles. The van der Waals surface area contributed by atoms with E-state index in [1.54, 1.807) is 42.5 Å². The number of hydrogen-bond acceptors (Lipinski definition) is 6. The molecule has 2 bridgehead atoms. The Morgan fingerprint density at radius 1 is 0.972 bits per heavy atom. The molecule has 188 valence electrons. The summed E-state index contributed by atoms with van der Waals surface area (Å²) in [7, 11) is -3.96. The molecular weight excluding hydrogens is 496 g/mol. The fourth-order valence-electron chi connectivity index (χ4n) is 5.33. The van der Waals surface area contributed by atoms with Crippen molar-refractivity contribution < 1.29 is 27.2 Å². The van der Waals surface area contributed by atoms with Gasteiger partial charge >= 0.3 is 5.97 Å². The fourth-order valence-corrected chi connectivity index (χ4v) is 7.19. The second-order valence-corrected chi connectivity index (χ2v) is 12.3. The Kier molecular flexibility index (Phi) is 7.07. The topological polar surface area (TPSA) is 89.5 Å². The first-order chi connectivity index (χ1) is 17.4. The lowest BCUT2D eigenvalue weighted by molar-refractivity contribution is -0.938. The summed E-state index contributed by atoms with van der Waals surface area (Å²) in [5.41, 5.74) is 0.514. The number of nitrogens with one attached hydrogen (secondary N) is 1. The molecule has 7 nitrogen and oxygen atoms in total. The monoisotopic (exact) mass is 525 g/mol. The van der Waals surface area contributed by atoms with Crippen LogP contribution in [0.15, 0.2) is 83.1 Å². The Hall–Kier alpha value is -2.85. The van der Waals surface area contributed by atoms with Crippen LogP contribution in [0.25, 0.3) is 0 Å². The van der Waals surface area contributed by atoms with Crippen LogP contribution in [-0.4, -0.2) is 56.9 Å². The number of thiophene rings is 1. The van der Waals surface area contributed by atoms with E-state index >= 15 is 0 Å². The molecule has 3 aliphatic rings. The maximum Gasteiger partial charge on any atom is 0.329 e. The van der Waals surface area contributed by atoms with Crippen LogP contribution in [-0.2, 0) is 19.6 Å². The van der Waals surface area contributed by atoms with E-state index in [0.717, 1.165) is 30.8 Å². The molecule has 0 saturated carbocycles. The van der Waals surface area contributed by atoms with Crippen molar-refractivity contribution >= 4 is 33.1 Å². The predicted octanol–water partition coefficient (Wildman–Crippen LogP) is 3.80.